The number of ether oxygens (including phenoxy) is 2. The second kappa shape index (κ2) is 10.0. The lowest BCUT2D eigenvalue weighted by atomic mass is 9.70. The molecular weight excluding hydrogens is 468 g/mol. The van der Waals surface area contributed by atoms with E-state index in [1.807, 2.05) is 0 Å². The van der Waals surface area contributed by atoms with Crippen molar-refractivity contribution < 1.29 is 29.0 Å². The van der Waals surface area contributed by atoms with Gasteiger partial charge in [-0.2, -0.15) is 0 Å². The molecule has 3 aliphatic heterocycles. The normalized spacial score (nSPS) is 33.5. The van der Waals surface area contributed by atoms with E-state index in [0.717, 1.165) is 12.8 Å². The zero-order valence-corrected chi connectivity index (χ0v) is 19.9. The highest BCUT2D eigenvalue weighted by Crippen LogP contribution is 2.60. The Hall–Kier alpha value is -1.45. The minimum Gasteiger partial charge on any atom is -0.466 e. The molecule has 0 aromatic carbocycles. The van der Waals surface area contributed by atoms with Crippen LogP contribution in [-0.4, -0.2) is 88.1 Å². The van der Waals surface area contributed by atoms with Gasteiger partial charge in [0.2, 0.25) is 11.8 Å². The van der Waals surface area contributed by atoms with Crippen molar-refractivity contribution in [3.8, 4) is 0 Å². The maximum atomic E-state index is 13.8. The number of carbonyl (C=O) groups is 3. The van der Waals surface area contributed by atoms with Crippen LogP contribution in [0, 0.1) is 11.8 Å². The van der Waals surface area contributed by atoms with Crippen molar-refractivity contribution in [3.63, 3.8) is 0 Å². The van der Waals surface area contributed by atoms with Crippen molar-refractivity contribution in [2.24, 2.45) is 11.8 Å². The van der Waals surface area contributed by atoms with E-state index < -0.39 is 35.6 Å². The van der Waals surface area contributed by atoms with Crippen molar-refractivity contribution in [2.75, 3.05) is 32.8 Å². The fourth-order valence-corrected chi connectivity index (χ4v) is 6.31. The molecule has 3 unspecified atom stereocenters. The summed E-state index contributed by atoms with van der Waals surface area (Å²) in [6.07, 6.45) is 3.75. The van der Waals surface area contributed by atoms with Gasteiger partial charge in [-0.1, -0.05) is 35.4 Å². The Bertz CT molecular complexity index is 718. The van der Waals surface area contributed by atoms with Gasteiger partial charge < -0.3 is 24.4 Å². The van der Waals surface area contributed by atoms with Crippen LogP contribution in [0.2, 0.25) is 0 Å². The number of aliphatic hydroxyl groups excluding tert-OH is 1. The zero-order chi connectivity index (χ0) is 22.8. The summed E-state index contributed by atoms with van der Waals surface area (Å²) in [5.74, 6) is -2.41. The number of aliphatic hydroxyl groups is 1. The van der Waals surface area contributed by atoms with Crippen LogP contribution in [-0.2, 0) is 23.9 Å². The quantitative estimate of drug-likeness (QED) is 0.262. The molecule has 9 heteroatoms. The van der Waals surface area contributed by atoms with Gasteiger partial charge in [-0.15, -0.1) is 6.58 Å². The number of carbonyl (C=O) groups excluding carboxylic acids is 3. The van der Waals surface area contributed by atoms with Gasteiger partial charge >= 0.3 is 5.97 Å². The molecular formula is C22H33BrN2O6. The van der Waals surface area contributed by atoms with Crippen molar-refractivity contribution in [1.29, 1.82) is 0 Å². The van der Waals surface area contributed by atoms with Crippen molar-refractivity contribution in [3.05, 3.63) is 12.7 Å². The molecule has 0 aromatic rings. The summed E-state index contributed by atoms with van der Waals surface area (Å²) in [7, 11) is 0. The Kier molecular flexibility index (Phi) is 7.81. The van der Waals surface area contributed by atoms with Crippen molar-refractivity contribution in [2.45, 2.75) is 62.1 Å². The molecule has 0 radical (unpaired) electrons. The lowest BCUT2D eigenvalue weighted by Gasteiger charge is -2.37. The maximum absolute atomic E-state index is 13.8. The fraction of sp³-hybridized carbons (Fsp3) is 0.773. The smallest absolute Gasteiger partial charge is 0.312 e. The second-order valence-corrected chi connectivity index (χ2v) is 9.63. The van der Waals surface area contributed by atoms with Crippen LogP contribution in [0.4, 0.5) is 0 Å². The van der Waals surface area contributed by atoms with Gasteiger partial charge in [0, 0.05) is 31.1 Å². The molecule has 2 bridgehead atoms. The highest BCUT2D eigenvalue weighted by atomic mass is 79.9. The van der Waals surface area contributed by atoms with E-state index in [9.17, 15) is 19.5 Å². The van der Waals surface area contributed by atoms with Gasteiger partial charge in [0.1, 0.15) is 11.6 Å². The highest BCUT2D eigenvalue weighted by molar-refractivity contribution is 9.09. The zero-order valence-electron chi connectivity index (χ0n) is 18.3. The number of halogens is 1. The first kappa shape index (κ1) is 24.2. The Morgan fingerprint density at radius 3 is 2.77 bits per heavy atom. The average Bonchev–Trinajstić information content (AvgIpc) is 3.32. The highest BCUT2D eigenvalue weighted by Gasteiger charge is 2.76. The molecule has 174 valence electrons. The molecule has 3 rings (SSSR count). The monoisotopic (exact) mass is 500 g/mol. The number of hydrogen-bond acceptors (Lipinski definition) is 6. The maximum Gasteiger partial charge on any atom is 0.312 e. The topological polar surface area (TPSA) is 96.4 Å². The number of alkyl halides is 1. The van der Waals surface area contributed by atoms with E-state index >= 15 is 0 Å². The van der Waals surface area contributed by atoms with E-state index in [1.54, 1.807) is 17.9 Å². The molecule has 0 aromatic heterocycles. The van der Waals surface area contributed by atoms with E-state index in [4.69, 9.17) is 9.47 Å². The summed E-state index contributed by atoms with van der Waals surface area (Å²) in [6.45, 7) is 8.84. The predicted octanol–water partition coefficient (Wildman–Crippen LogP) is 1.49. The molecule has 3 fully saturated rings. The minimum atomic E-state index is -1.08. The van der Waals surface area contributed by atoms with Gasteiger partial charge in [-0.3, -0.25) is 14.4 Å². The van der Waals surface area contributed by atoms with Crippen LogP contribution < -0.4 is 0 Å². The number of likely N-dealkylation sites (tertiary alicyclic amines) is 1. The van der Waals surface area contributed by atoms with Crippen molar-refractivity contribution >= 4 is 33.7 Å². The molecule has 1 spiro atoms. The van der Waals surface area contributed by atoms with E-state index in [2.05, 4.69) is 29.4 Å². The van der Waals surface area contributed by atoms with Crippen LogP contribution in [0.25, 0.3) is 0 Å². The second-order valence-electron chi connectivity index (χ2n) is 8.45. The molecule has 0 aliphatic carbocycles. The first-order valence-corrected chi connectivity index (χ1v) is 12.1. The third-order valence-corrected chi connectivity index (χ3v) is 7.43. The third kappa shape index (κ3) is 4.04. The van der Waals surface area contributed by atoms with E-state index in [1.165, 1.54) is 4.90 Å². The predicted molar refractivity (Wildman–Crippen MR) is 117 cm³/mol. The Balaban J connectivity index is 2.01. The number of esters is 1. The van der Waals surface area contributed by atoms with Crippen LogP contribution in [0.1, 0.15) is 39.5 Å². The van der Waals surface area contributed by atoms with Crippen LogP contribution in [0.5, 0.6) is 0 Å². The summed E-state index contributed by atoms with van der Waals surface area (Å²) < 4.78 is 11.6. The first-order chi connectivity index (χ1) is 14.9. The summed E-state index contributed by atoms with van der Waals surface area (Å²) in [6, 6.07) is -0.835. The van der Waals surface area contributed by atoms with Crippen molar-refractivity contribution in [1.82, 2.24) is 9.80 Å². The van der Waals surface area contributed by atoms with E-state index in [-0.39, 0.29) is 36.4 Å². The fourth-order valence-electron chi connectivity index (χ4n) is 5.37. The molecule has 3 heterocycles. The molecule has 31 heavy (non-hydrogen) atoms. The number of unbranched alkanes of at least 4 members (excludes halogenated alkanes) is 1. The van der Waals surface area contributed by atoms with E-state index in [0.29, 0.717) is 25.9 Å². The minimum absolute atomic E-state index is 0.0968. The number of hydrogen-bond donors (Lipinski definition) is 1. The Morgan fingerprint density at radius 2 is 2.16 bits per heavy atom. The number of amides is 2. The Morgan fingerprint density at radius 1 is 1.42 bits per heavy atom. The number of fused-ring (bicyclic) bond motifs is 1. The first-order valence-electron chi connectivity index (χ1n) is 11.2. The molecule has 1 N–H and O–H groups in total. The summed E-state index contributed by atoms with van der Waals surface area (Å²) in [4.78, 5) is 43.3. The Labute approximate surface area is 192 Å². The molecule has 3 aliphatic rings. The van der Waals surface area contributed by atoms with Crippen LogP contribution >= 0.6 is 15.9 Å². The molecule has 8 nitrogen and oxygen atoms in total. The van der Waals surface area contributed by atoms with Gasteiger partial charge in [-0.05, 0) is 26.2 Å². The number of nitrogens with zero attached hydrogens (tertiary/aromatic N) is 2. The number of rotatable bonds is 11. The van der Waals surface area contributed by atoms with Gasteiger partial charge in [0.15, 0.2) is 0 Å². The SMILES string of the molecule is C=CCN(CCCC)C(=O)C1N(CCCO)C(=O)[C@@H]2[C@H](C(=O)OCC)[C@H]3OC12CC3Br. The lowest BCUT2D eigenvalue weighted by Crippen LogP contribution is -2.57. The van der Waals surface area contributed by atoms with Gasteiger partial charge in [-0.25, -0.2) is 0 Å². The molecule has 6 atom stereocenters. The summed E-state index contributed by atoms with van der Waals surface area (Å²) in [5, 5.41) is 9.37. The summed E-state index contributed by atoms with van der Waals surface area (Å²) in [5.41, 5.74) is -1.08. The lowest BCUT2D eigenvalue weighted by molar-refractivity contribution is -0.154. The summed E-state index contributed by atoms with van der Waals surface area (Å²) >= 11 is 3.62. The molecule has 0 saturated carbocycles. The standard InChI is InChI=1S/C22H33BrN2O6/c1-4-7-10-24(9-5-2)20(28)18-22-13-14(23)17(31-22)15(21(29)30-6-3)16(22)19(27)25(18)11-8-12-26/h5,14-18,26H,2,4,6-13H2,1,3H3/t14?,15-,16-,17-,18?,22?/m0/s1. The van der Waals surface area contributed by atoms with Crippen LogP contribution in [0.15, 0.2) is 12.7 Å². The van der Waals surface area contributed by atoms with Gasteiger partial charge in [0.25, 0.3) is 0 Å². The average molecular weight is 501 g/mol. The molecule has 2 amide bonds. The molecule has 3 saturated heterocycles. The third-order valence-electron chi connectivity index (χ3n) is 6.58. The van der Waals surface area contributed by atoms with Crippen LogP contribution in [0.3, 0.4) is 0 Å². The largest absolute Gasteiger partial charge is 0.466 e. The van der Waals surface area contributed by atoms with Gasteiger partial charge in [0.05, 0.1) is 24.5 Å².